The quantitative estimate of drug-likeness (QED) is 0.518. The summed E-state index contributed by atoms with van der Waals surface area (Å²) < 4.78 is 0. The van der Waals surface area contributed by atoms with E-state index in [0.717, 1.165) is 10.5 Å². The van der Waals surface area contributed by atoms with Gasteiger partial charge in [0, 0.05) is 17.9 Å². The number of carboxylic acids is 1. The number of aliphatic hydroxyl groups is 1. The number of β-lactam (4-membered cyclic amide) rings is 1. The number of thioether (sulfide) groups is 1. The zero-order chi connectivity index (χ0) is 18.1. The highest BCUT2D eigenvalue weighted by molar-refractivity contribution is 8.00. The molecule has 0 aliphatic carbocycles. The van der Waals surface area contributed by atoms with Crippen LogP contribution in [-0.2, 0) is 16.1 Å². The van der Waals surface area contributed by atoms with Crippen LogP contribution in [0.4, 0.5) is 0 Å². The number of fused-ring (bicyclic) bond motifs is 1. The molecule has 2 aliphatic heterocycles. The molecule has 1 fully saturated rings. The molecule has 3 rings (SSSR count). The number of hydrogen-bond donors (Lipinski definition) is 4. The van der Waals surface area contributed by atoms with Crippen molar-refractivity contribution < 1.29 is 24.6 Å². The average Bonchev–Trinajstić information content (AvgIpc) is 2.64. The Morgan fingerprint density at radius 2 is 2.00 bits per heavy atom. The number of aliphatic hydroxyl groups excluding tert-OH is 1. The Morgan fingerprint density at radius 3 is 2.56 bits per heavy atom. The molecule has 1 aromatic rings. The molecule has 0 saturated carbocycles. The van der Waals surface area contributed by atoms with Crippen molar-refractivity contribution in [3.05, 3.63) is 46.7 Å². The van der Waals surface area contributed by atoms with Crippen LogP contribution in [0.5, 0.6) is 0 Å². The summed E-state index contributed by atoms with van der Waals surface area (Å²) in [6.45, 7) is -0.0518. The predicted molar refractivity (Wildman–Crippen MR) is 90.4 cm³/mol. The lowest BCUT2D eigenvalue weighted by Crippen LogP contribution is -2.70. The number of amides is 2. The first-order chi connectivity index (χ1) is 12.0. The molecule has 8 nitrogen and oxygen atoms in total. The van der Waals surface area contributed by atoms with E-state index in [-0.39, 0.29) is 5.70 Å². The van der Waals surface area contributed by atoms with E-state index in [1.54, 1.807) is 24.3 Å². The minimum absolute atomic E-state index is 0.186. The molecule has 2 atom stereocenters. The molecule has 132 valence electrons. The molecule has 5 N–H and O–H groups in total. The van der Waals surface area contributed by atoms with Crippen molar-refractivity contribution in [3.8, 4) is 0 Å². The van der Waals surface area contributed by atoms with E-state index in [0.29, 0.717) is 23.4 Å². The van der Waals surface area contributed by atoms with E-state index in [9.17, 15) is 24.6 Å². The third-order valence-corrected chi connectivity index (χ3v) is 5.52. The van der Waals surface area contributed by atoms with Crippen molar-refractivity contribution >= 4 is 29.5 Å². The SMILES string of the molecule is NCc1ccc(C(=O)N[C@H]2C(=O)N3C(C(=O)O)=C(CO)CS[C@@H]23)cc1. The Hall–Kier alpha value is -2.36. The second-order valence-electron chi connectivity index (χ2n) is 5.68. The van der Waals surface area contributed by atoms with Gasteiger partial charge in [-0.1, -0.05) is 12.1 Å². The van der Waals surface area contributed by atoms with Gasteiger partial charge in [-0.15, -0.1) is 11.8 Å². The maximum absolute atomic E-state index is 12.3. The van der Waals surface area contributed by atoms with E-state index in [1.807, 2.05) is 0 Å². The Kier molecular flexibility index (Phi) is 4.80. The number of hydrogen-bond acceptors (Lipinski definition) is 6. The average molecular weight is 363 g/mol. The molecule has 25 heavy (non-hydrogen) atoms. The summed E-state index contributed by atoms with van der Waals surface area (Å²) in [7, 11) is 0. The second-order valence-corrected chi connectivity index (χ2v) is 6.78. The summed E-state index contributed by atoms with van der Waals surface area (Å²) in [5.41, 5.74) is 6.91. The second kappa shape index (κ2) is 6.87. The van der Waals surface area contributed by atoms with Gasteiger partial charge in [-0.3, -0.25) is 14.5 Å². The lowest BCUT2D eigenvalue weighted by molar-refractivity contribution is -0.148. The number of nitrogens with zero attached hydrogens (tertiary/aromatic N) is 1. The fourth-order valence-corrected chi connectivity index (χ4v) is 4.16. The summed E-state index contributed by atoms with van der Waals surface area (Å²) in [6.07, 6.45) is 0. The predicted octanol–water partition coefficient (Wildman–Crippen LogP) is -0.510. The largest absolute Gasteiger partial charge is 0.477 e. The van der Waals surface area contributed by atoms with Gasteiger partial charge >= 0.3 is 5.97 Å². The molecule has 0 bridgehead atoms. The Labute approximate surface area is 147 Å². The van der Waals surface area contributed by atoms with Gasteiger partial charge in [-0.2, -0.15) is 0 Å². The number of benzene rings is 1. The summed E-state index contributed by atoms with van der Waals surface area (Å²) in [5, 5.41) is 20.7. The van der Waals surface area contributed by atoms with Crippen LogP contribution in [0.3, 0.4) is 0 Å². The highest BCUT2D eigenvalue weighted by atomic mass is 32.2. The topological polar surface area (TPSA) is 133 Å². The highest BCUT2D eigenvalue weighted by Crippen LogP contribution is 2.40. The van der Waals surface area contributed by atoms with Gasteiger partial charge in [-0.05, 0) is 23.3 Å². The van der Waals surface area contributed by atoms with E-state index in [4.69, 9.17) is 5.73 Å². The fourth-order valence-electron chi connectivity index (χ4n) is 2.82. The number of carboxylic acid groups (broad SMARTS) is 1. The zero-order valence-corrected chi connectivity index (χ0v) is 14.0. The molecular weight excluding hydrogens is 346 g/mol. The van der Waals surface area contributed by atoms with Crippen LogP contribution in [0.2, 0.25) is 0 Å². The molecule has 0 radical (unpaired) electrons. The Balaban J connectivity index is 1.74. The van der Waals surface area contributed by atoms with E-state index in [2.05, 4.69) is 5.32 Å². The molecule has 0 unspecified atom stereocenters. The molecular formula is C16H17N3O5S. The van der Waals surface area contributed by atoms with Gasteiger partial charge in [0.1, 0.15) is 17.1 Å². The van der Waals surface area contributed by atoms with E-state index in [1.165, 1.54) is 11.8 Å². The first-order valence-corrected chi connectivity index (χ1v) is 8.63. The van der Waals surface area contributed by atoms with Crippen molar-refractivity contribution in [2.24, 2.45) is 5.73 Å². The minimum Gasteiger partial charge on any atom is -0.477 e. The molecule has 2 amide bonds. The first-order valence-electron chi connectivity index (χ1n) is 7.58. The molecule has 1 saturated heterocycles. The van der Waals surface area contributed by atoms with Crippen molar-refractivity contribution in [1.29, 1.82) is 0 Å². The number of carbonyl (C=O) groups excluding carboxylic acids is 2. The summed E-state index contributed by atoms with van der Waals surface area (Å²) in [6, 6.07) is 5.93. The molecule has 0 aromatic heterocycles. The van der Waals surface area contributed by atoms with Crippen molar-refractivity contribution in [2.75, 3.05) is 12.4 Å². The third kappa shape index (κ3) is 3.01. The van der Waals surface area contributed by atoms with E-state index >= 15 is 0 Å². The number of aliphatic carboxylic acids is 1. The number of carbonyl (C=O) groups is 3. The van der Waals surface area contributed by atoms with Crippen molar-refractivity contribution in [2.45, 2.75) is 18.0 Å². The van der Waals surface area contributed by atoms with Gasteiger partial charge < -0.3 is 21.3 Å². The van der Waals surface area contributed by atoms with Crippen LogP contribution < -0.4 is 11.1 Å². The molecule has 2 aliphatic rings. The summed E-state index contributed by atoms with van der Waals surface area (Å²) in [4.78, 5) is 37.2. The van der Waals surface area contributed by atoms with Crippen molar-refractivity contribution in [3.63, 3.8) is 0 Å². The Morgan fingerprint density at radius 1 is 1.32 bits per heavy atom. The van der Waals surface area contributed by atoms with Crippen molar-refractivity contribution in [1.82, 2.24) is 10.2 Å². The lowest BCUT2D eigenvalue weighted by atomic mass is 10.0. The van der Waals surface area contributed by atoms with Gasteiger partial charge in [-0.25, -0.2) is 4.79 Å². The fraction of sp³-hybridized carbons (Fsp3) is 0.312. The zero-order valence-electron chi connectivity index (χ0n) is 13.1. The first kappa shape index (κ1) is 17.5. The number of nitrogens with one attached hydrogen (secondary N) is 1. The lowest BCUT2D eigenvalue weighted by Gasteiger charge is -2.49. The van der Waals surface area contributed by atoms with Crippen LogP contribution in [0.1, 0.15) is 15.9 Å². The van der Waals surface area contributed by atoms with Crippen LogP contribution in [0.25, 0.3) is 0 Å². The smallest absolute Gasteiger partial charge is 0.352 e. The number of nitrogens with two attached hydrogens (primary N) is 1. The van der Waals surface area contributed by atoms with Gasteiger partial charge in [0.2, 0.25) is 0 Å². The summed E-state index contributed by atoms with van der Waals surface area (Å²) >= 11 is 1.31. The van der Waals surface area contributed by atoms with Crippen LogP contribution in [-0.4, -0.2) is 56.7 Å². The molecule has 0 spiro atoms. The Bertz CT molecular complexity index is 762. The summed E-state index contributed by atoms with van der Waals surface area (Å²) in [5.74, 6) is -1.86. The minimum atomic E-state index is -1.26. The molecule has 9 heteroatoms. The third-order valence-electron chi connectivity index (χ3n) is 4.18. The van der Waals surface area contributed by atoms with Crippen LogP contribution >= 0.6 is 11.8 Å². The van der Waals surface area contributed by atoms with Gasteiger partial charge in [0.25, 0.3) is 11.8 Å². The molecule has 1 aromatic carbocycles. The molecule has 2 heterocycles. The van der Waals surface area contributed by atoms with Crippen LogP contribution in [0, 0.1) is 0 Å². The standard InChI is InChI=1S/C16H17N3O5S/c17-5-8-1-3-9(4-2-8)13(21)18-11-14(22)19-12(16(23)24)10(6-20)7-25-15(11)19/h1-4,11,15,20H,5-7,17H2,(H,18,21)(H,23,24)/t11-,15-/m0/s1. The maximum Gasteiger partial charge on any atom is 0.352 e. The van der Waals surface area contributed by atoms with Crippen LogP contribution in [0.15, 0.2) is 35.5 Å². The highest BCUT2D eigenvalue weighted by Gasteiger charge is 2.54. The van der Waals surface area contributed by atoms with E-state index < -0.39 is 35.8 Å². The number of rotatable bonds is 5. The maximum atomic E-state index is 12.3. The van der Waals surface area contributed by atoms with Gasteiger partial charge in [0.05, 0.1) is 6.61 Å². The normalized spacial score (nSPS) is 22.3. The monoisotopic (exact) mass is 363 g/mol. The van der Waals surface area contributed by atoms with Gasteiger partial charge in [0.15, 0.2) is 0 Å².